The zero-order valence-corrected chi connectivity index (χ0v) is 22.8. The van der Waals surface area contributed by atoms with Crippen molar-refractivity contribution in [1.82, 2.24) is 10.6 Å². The number of sulfone groups is 1. The molecule has 0 aromatic heterocycles. The van der Waals surface area contributed by atoms with Gasteiger partial charge in [0, 0.05) is 25.4 Å². The number of amides is 2. The van der Waals surface area contributed by atoms with Gasteiger partial charge in [-0.2, -0.15) is 0 Å². The van der Waals surface area contributed by atoms with Crippen LogP contribution in [0, 0.1) is 0 Å². The Labute approximate surface area is 223 Å². The van der Waals surface area contributed by atoms with Crippen molar-refractivity contribution in [1.29, 1.82) is 0 Å². The van der Waals surface area contributed by atoms with Crippen LogP contribution in [0.2, 0.25) is 0 Å². The standard InChI is InChI=1S/C20H36N2O12S3/c1-9(25)21-13-17(29)15(27)11(7-23)33-19(13)35-3-5-37(31,32)6-4-36-20-14(22-10(2)26)18(30)16(28)12(8-24)34-20/h11-20,23-24,27-30H,3-8H2,1-2H3,(H,21,25)(H,22,26)/t11-,12-,13-,14-,15-,16-,17-,18-,19+,20+/m1/s1. The number of carbonyl (C=O) groups excluding carboxylic acids is 2. The molecule has 10 atom stereocenters. The number of hydrogen-bond acceptors (Lipinski definition) is 14. The number of nitrogens with one attached hydrogen (secondary N) is 2. The van der Waals surface area contributed by atoms with Crippen LogP contribution in [0.5, 0.6) is 0 Å². The van der Waals surface area contributed by atoms with Crippen LogP contribution >= 0.6 is 23.5 Å². The summed E-state index contributed by atoms with van der Waals surface area (Å²) in [6, 6.07) is -2.04. The van der Waals surface area contributed by atoms with E-state index in [1.807, 2.05) is 0 Å². The topological polar surface area (TPSA) is 232 Å². The molecule has 0 bridgehead atoms. The minimum Gasteiger partial charge on any atom is -0.394 e. The summed E-state index contributed by atoms with van der Waals surface area (Å²) in [5, 5.41) is 64.5. The first kappa shape index (κ1) is 32.5. The van der Waals surface area contributed by atoms with Gasteiger partial charge < -0.3 is 50.7 Å². The number of ether oxygens (including phenoxy) is 2. The Morgan fingerprint density at radius 2 is 1.08 bits per heavy atom. The Morgan fingerprint density at radius 3 is 1.38 bits per heavy atom. The Kier molecular flexibility index (Phi) is 12.8. The van der Waals surface area contributed by atoms with E-state index in [0.29, 0.717) is 0 Å². The van der Waals surface area contributed by atoms with E-state index in [-0.39, 0.29) is 23.0 Å². The largest absolute Gasteiger partial charge is 0.394 e. The maximum atomic E-state index is 12.6. The molecule has 0 spiro atoms. The molecular weight excluding hydrogens is 556 g/mol. The molecule has 17 heteroatoms. The van der Waals surface area contributed by atoms with Crippen LogP contribution in [0.1, 0.15) is 13.8 Å². The fraction of sp³-hybridized carbons (Fsp3) is 0.900. The minimum absolute atomic E-state index is 0.0284. The van der Waals surface area contributed by atoms with Gasteiger partial charge in [-0.15, -0.1) is 23.5 Å². The van der Waals surface area contributed by atoms with E-state index < -0.39 is 94.4 Å². The fourth-order valence-corrected chi connectivity index (χ4v) is 8.70. The number of thioether (sulfide) groups is 2. The number of hydrogen-bond donors (Lipinski definition) is 8. The normalized spacial score (nSPS) is 36.6. The van der Waals surface area contributed by atoms with Crippen LogP contribution in [-0.2, 0) is 28.9 Å². The molecule has 0 aromatic rings. The molecular formula is C20H36N2O12S3. The second kappa shape index (κ2) is 14.6. The summed E-state index contributed by atoms with van der Waals surface area (Å²) < 4.78 is 36.3. The summed E-state index contributed by atoms with van der Waals surface area (Å²) in [6.45, 7) is 1.28. The quantitative estimate of drug-likeness (QED) is 0.107. The lowest BCUT2D eigenvalue weighted by Crippen LogP contribution is -2.63. The minimum atomic E-state index is -3.60. The zero-order valence-electron chi connectivity index (χ0n) is 20.4. The smallest absolute Gasteiger partial charge is 0.217 e. The molecule has 0 aliphatic carbocycles. The third-order valence-electron chi connectivity index (χ3n) is 5.85. The van der Waals surface area contributed by atoms with E-state index in [0.717, 1.165) is 23.5 Å². The molecule has 0 aromatic carbocycles. The number of aliphatic hydroxyl groups is 6. The second-order valence-electron chi connectivity index (χ2n) is 8.76. The summed E-state index contributed by atoms with van der Waals surface area (Å²) >= 11 is 2.01. The SMILES string of the molecule is CC(=O)N[C@@H]1[C@@H](O)[C@H](O)[C@@H](CO)O[C@H]1SCCS(=O)(=O)CCS[C@@H]1O[C@H](CO)[C@@H](O)[C@H](O)[C@H]1NC(C)=O. The van der Waals surface area contributed by atoms with Crippen LogP contribution < -0.4 is 10.6 Å². The Hall–Kier alpha value is -0.730. The first-order chi connectivity index (χ1) is 17.3. The first-order valence-electron chi connectivity index (χ1n) is 11.5. The molecule has 2 fully saturated rings. The van der Waals surface area contributed by atoms with E-state index >= 15 is 0 Å². The maximum Gasteiger partial charge on any atom is 0.217 e. The van der Waals surface area contributed by atoms with Gasteiger partial charge in [-0.25, -0.2) is 8.42 Å². The van der Waals surface area contributed by atoms with Crippen LogP contribution in [0.4, 0.5) is 0 Å². The van der Waals surface area contributed by atoms with E-state index in [9.17, 15) is 48.6 Å². The molecule has 0 radical (unpaired) electrons. The van der Waals surface area contributed by atoms with Gasteiger partial charge in [0.05, 0.1) is 36.8 Å². The molecule has 2 heterocycles. The van der Waals surface area contributed by atoms with Crippen molar-refractivity contribution in [2.75, 3.05) is 36.2 Å². The molecule has 0 unspecified atom stereocenters. The molecule has 37 heavy (non-hydrogen) atoms. The maximum absolute atomic E-state index is 12.6. The van der Waals surface area contributed by atoms with E-state index in [4.69, 9.17) is 9.47 Å². The highest BCUT2D eigenvalue weighted by molar-refractivity contribution is 8.02. The van der Waals surface area contributed by atoms with Crippen LogP contribution in [0.25, 0.3) is 0 Å². The number of carbonyl (C=O) groups is 2. The Bertz CT molecular complexity index is 804. The third-order valence-corrected chi connectivity index (χ3v) is 10.4. The fourth-order valence-electron chi connectivity index (χ4n) is 3.91. The second-order valence-corrected chi connectivity index (χ2v) is 13.5. The summed E-state index contributed by atoms with van der Waals surface area (Å²) in [4.78, 5) is 23.0. The predicted molar refractivity (Wildman–Crippen MR) is 134 cm³/mol. The monoisotopic (exact) mass is 592 g/mol. The summed E-state index contributed by atoms with van der Waals surface area (Å²) in [6.07, 6.45) is -7.93. The molecule has 2 aliphatic heterocycles. The predicted octanol–water partition coefficient (Wildman–Crippen LogP) is -4.24. The molecule has 2 saturated heterocycles. The molecule has 0 saturated carbocycles. The van der Waals surface area contributed by atoms with Gasteiger partial charge in [-0.1, -0.05) is 0 Å². The highest BCUT2D eigenvalue weighted by atomic mass is 32.2. The summed E-state index contributed by atoms with van der Waals surface area (Å²) in [7, 11) is -3.60. The highest BCUT2D eigenvalue weighted by Gasteiger charge is 2.46. The molecule has 14 nitrogen and oxygen atoms in total. The Balaban J connectivity index is 1.92. The van der Waals surface area contributed by atoms with Crippen molar-refractivity contribution in [3.05, 3.63) is 0 Å². The van der Waals surface area contributed by atoms with Gasteiger partial charge in [0.1, 0.15) is 47.5 Å². The molecule has 8 N–H and O–H groups in total. The van der Waals surface area contributed by atoms with Crippen molar-refractivity contribution < 1.29 is 58.1 Å². The summed E-state index contributed by atoms with van der Waals surface area (Å²) in [5.74, 6) is -1.48. The number of rotatable bonds is 12. The van der Waals surface area contributed by atoms with E-state index in [1.165, 1.54) is 13.8 Å². The molecule has 2 rings (SSSR count). The zero-order chi connectivity index (χ0) is 27.9. The van der Waals surface area contributed by atoms with Crippen LogP contribution in [0.3, 0.4) is 0 Å². The molecule has 2 aliphatic rings. The summed E-state index contributed by atoms with van der Waals surface area (Å²) in [5.41, 5.74) is -1.83. The van der Waals surface area contributed by atoms with Crippen molar-refractivity contribution in [2.45, 2.75) is 73.4 Å². The lowest BCUT2D eigenvalue weighted by Gasteiger charge is -2.42. The lowest BCUT2D eigenvalue weighted by atomic mass is 9.98. The van der Waals surface area contributed by atoms with E-state index in [1.54, 1.807) is 0 Å². The van der Waals surface area contributed by atoms with Crippen molar-refractivity contribution in [2.24, 2.45) is 0 Å². The van der Waals surface area contributed by atoms with Gasteiger partial charge in [0.2, 0.25) is 11.8 Å². The van der Waals surface area contributed by atoms with Crippen molar-refractivity contribution in [3.8, 4) is 0 Å². The van der Waals surface area contributed by atoms with Gasteiger partial charge >= 0.3 is 0 Å². The lowest BCUT2D eigenvalue weighted by molar-refractivity contribution is -0.173. The molecule has 2 amide bonds. The average molecular weight is 593 g/mol. The average Bonchev–Trinajstić information content (AvgIpc) is 2.82. The van der Waals surface area contributed by atoms with Crippen LogP contribution in [-0.4, -0.2) is 147 Å². The van der Waals surface area contributed by atoms with Crippen molar-refractivity contribution in [3.63, 3.8) is 0 Å². The van der Waals surface area contributed by atoms with Gasteiger partial charge in [-0.3, -0.25) is 9.59 Å². The molecule has 216 valence electrons. The highest BCUT2D eigenvalue weighted by Crippen LogP contribution is 2.30. The van der Waals surface area contributed by atoms with Crippen molar-refractivity contribution >= 4 is 45.2 Å². The third kappa shape index (κ3) is 9.16. The number of aliphatic hydroxyl groups excluding tert-OH is 6. The van der Waals surface area contributed by atoms with Gasteiger partial charge in [-0.05, 0) is 0 Å². The van der Waals surface area contributed by atoms with Crippen LogP contribution in [0.15, 0.2) is 0 Å². The first-order valence-corrected chi connectivity index (χ1v) is 15.5. The van der Waals surface area contributed by atoms with Gasteiger partial charge in [0.25, 0.3) is 0 Å². The van der Waals surface area contributed by atoms with E-state index in [2.05, 4.69) is 10.6 Å². The Morgan fingerprint density at radius 1 is 0.730 bits per heavy atom. The van der Waals surface area contributed by atoms with Gasteiger partial charge in [0.15, 0.2) is 9.84 Å².